The molecule has 1 aromatic heterocycles. The van der Waals surface area contributed by atoms with Crippen LogP contribution in [0.15, 0.2) is 53.3 Å². The molecule has 3 aromatic rings. The number of furan rings is 1. The molecule has 0 unspecified atom stereocenters. The number of nitrogens with zero attached hydrogens (tertiary/aromatic N) is 1. The second-order valence-corrected chi connectivity index (χ2v) is 7.97. The van der Waals surface area contributed by atoms with E-state index in [1.807, 2.05) is 12.1 Å². The SMILES string of the molecule is COc1cc(OC)c(/C=N\NC(=O)c2cc3cc(Br)cc(Br)c3o2)cc1Br. The number of hydrogen-bond donors (Lipinski definition) is 1. The van der Waals surface area contributed by atoms with Gasteiger partial charge < -0.3 is 13.9 Å². The van der Waals surface area contributed by atoms with E-state index in [1.165, 1.54) is 6.21 Å². The molecular weight excluding hydrogens is 548 g/mol. The van der Waals surface area contributed by atoms with Crippen molar-refractivity contribution in [3.8, 4) is 11.5 Å². The molecule has 9 heteroatoms. The van der Waals surface area contributed by atoms with Gasteiger partial charge in [-0.15, -0.1) is 0 Å². The summed E-state index contributed by atoms with van der Waals surface area (Å²) in [6, 6.07) is 8.87. The van der Waals surface area contributed by atoms with Gasteiger partial charge in [-0.2, -0.15) is 5.10 Å². The number of nitrogens with one attached hydrogen (secondary N) is 1. The van der Waals surface area contributed by atoms with Crippen molar-refractivity contribution in [3.63, 3.8) is 0 Å². The van der Waals surface area contributed by atoms with Gasteiger partial charge in [0.25, 0.3) is 0 Å². The minimum Gasteiger partial charge on any atom is -0.496 e. The summed E-state index contributed by atoms with van der Waals surface area (Å²) in [6.45, 7) is 0. The summed E-state index contributed by atoms with van der Waals surface area (Å²) in [6.07, 6.45) is 1.48. The van der Waals surface area contributed by atoms with Crippen molar-refractivity contribution in [1.82, 2.24) is 5.43 Å². The average Bonchev–Trinajstić information content (AvgIpc) is 3.06. The average molecular weight is 561 g/mol. The quantitative estimate of drug-likeness (QED) is 0.330. The van der Waals surface area contributed by atoms with Gasteiger partial charge in [-0.3, -0.25) is 4.79 Å². The van der Waals surface area contributed by atoms with Crippen LogP contribution in [0.5, 0.6) is 11.5 Å². The van der Waals surface area contributed by atoms with Crippen molar-refractivity contribution < 1.29 is 18.7 Å². The minimum absolute atomic E-state index is 0.156. The Morgan fingerprint density at radius 1 is 1.04 bits per heavy atom. The molecule has 1 amide bonds. The Bertz CT molecular complexity index is 1050. The van der Waals surface area contributed by atoms with Gasteiger partial charge in [-0.1, -0.05) is 15.9 Å². The molecule has 0 aliphatic rings. The third-order valence-corrected chi connectivity index (χ3v) is 5.30. The van der Waals surface area contributed by atoms with E-state index in [0.717, 1.165) is 18.8 Å². The Morgan fingerprint density at radius 3 is 2.48 bits per heavy atom. The lowest BCUT2D eigenvalue weighted by Crippen LogP contribution is -2.16. The van der Waals surface area contributed by atoms with Crippen LogP contribution >= 0.6 is 47.8 Å². The fourth-order valence-electron chi connectivity index (χ4n) is 2.39. The zero-order valence-electron chi connectivity index (χ0n) is 14.2. The molecule has 27 heavy (non-hydrogen) atoms. The minimum atomic E-state index is -0.461. The smallest absolute Gasteiger partial charge is 0.307 e. The lowest BCUT2D eigenvalue weighted by Gasteiger charge is -2.09. The van der Waals surface area contributed by atoms with Crippen LogP contribution in [0, 0.1) is 0 Å². The van der Waals surface area contributed by atoms with Crippen molar-refractivity contribution in [1.29, 1.82) is 0 Å². The Labute approximate surface area is 180 Å². The number of carbonyl (C=O) groups is 1. The molecule has 3 rings (SSSR count). The molecule has 1 N–H and O–H groups in total. The van der Waals surface area contributed by atoms with Crippen LogP contribution in [0.25, 0.3) is 11.0 Å². The standard InChI is InChI=1S/C18H13Br3N2O4/c1-25-14-7-15(26-2)12(20)4-10(14)8-22-23-18(24)16-5-9-3-11(19)6-13(21)17(9)27-16/h3-8H,1-2H3,(H,23,24)/b22-8-. The number of hydrogen-bond acceptors (Lipinski definition) is 5. The van der Waals surface area contributed by atoms with Crippen LogP contribution in [0.4, 0.5) is 0 Å². The van der Waals surface area contributed by atoms with Gasteiger partial charge in [0.1, 0.15) is 17.1 Å². The van der Waals surface area contributed by atoms with Gasteiger partial charge in [0, 0.05) is 21.5 Å². The predicted octanol–water partition coefficient (Wildman–Crippen LogP) is 5.50. The van der Waals surface area contributed by atoms with Gasteiger partial charge in [-0.05, 0) is 56.1 Å². The number of rotatable bonds is 5. The van der Waals surface area contributed by atoms with Crippen LogP contribution < -0.4 is 14.9 Å². The number of fused-ring (bicyclic) bond motifs is 1. The monoisotopic (exact) mass is 558 g/mol. The third kappa shape index (κ3) is 4.36. The van der Waals surface area contributed by atoms with Crippen LogP contribution in [0.1, 0.15) is 16.1 Å². The molecule has 0 saturated heterocycles. The van der Waals surface area contributed by atoms with E-state index in [9.17, 15) is 4.79 Å². The predicted molar refractivity (Wildman–Crippen MR) is 114 cm³/mol. The molecule has 1 heterocycles. The molecule has 0 radical (unpaired) electrons. The number of carbonyl (C=O) groups excluding carboxylic acids is 1. The fourth-order valence-corrected chi connectivity index (χ4v) is 4.25. The zero-order chi connectivity index (χ0) is 19.6. The first-order valence-corrected chi connectivity index (χ1v) is 9.94. The van der Waals surface area contributed by atoms with Crippen molar-refractivity contribution in [2.45, 2.75) is 0 Å². The summed E-state index contributed by atoms with van der Waals surface area (Å²) >= 11 is 10.2. The summed E-state index contributed by atoms with van der Waals surface area (Å²) in [4.78, 5) is 12.3. The van der Waals surface area contributed by atoms with Crippen molar-refractivity contribution >= 4 is 70.9 Å². The molecule has 0 aliphatic heterocycles. The molecule has 0 saturated carbocycles. The molecule has 140 valence electrons. The molecular formula is C18H13Br3N2O4. The van der Waals surface area contributed by atoms with E-state index in [4.69, 9.17) is 13.9 Å². The van der Waals surface area contributed by atoms with Crippen molar-refractivity contribution in [2.75, 3.05) is 14.2 Å². The van der Waals surface area contributed by atoms with Gasteiger partial charge in [0.15, 0.2) is 5.76 Å². The highest BCUT2D eigenvalue weighted by Gasteiger charge is 2.14. The number of benzene rings is 2. The second kappa shape index (κ2) is 8.45. The maximum absolute atomic E-state index is 12.3. The fraction of sp³-hybridized carbons (Fsp3) is 0.111. The Hall–Kier alpha value is -1.84. The molecule has 6 nitrogen and oxygen atoms in total. The van der Waals surface area contributed by atoms with E-state index >= 15 is 0 Å². The Balaban J connectivity index is 1.80. The summed E-state index contributed by atoms with van der Waals surface area (Å²) in [5.41, 5.74) is 3.71. The summed E-state index contributed by atoms with van der Waals surface area (Å²) in [5, 5.41) is 4.78. The van der Waals surface area contributed by atoms with E-state index in [1.54, 1.807) is 32.4 Å². The molecule has 0 spiro atoms. The van der Waals surface area contributed by atoms with Crippen LogP contribution in [0.3, 0.4) is 0 Å². The van der Waals surface area contributed by atoms with Crippen LogP contribution in [-0.4, -0.2) is 26.3 Å². The molecule has 0 bridgehead atoms. The lowest BCUT2D eigenvalue weighted by atomic mass is 10.2. The molecule has 0 atom stereocenters. The highest BCUT2D eigenvalue weighted by Crippen LogP contribution is 2.32. The summed E-state index contributed by atoms with van der Waals surface area (Å²) in [7, 11) is 3.11. The Kier molecular flexibility index (Phi) is 6.23. The first-order chi connectivity index (χ1) is 12.9. The first-order valence-electron chi connectivity index (χ1n) is 7.56. The normalized spacial score (nSPS) is 11.1. The number of amides is 1. The van der Waals surface area contributed by atoms with E-state index in [-0.39, 0.29) is 5.76 Å². The first kappa shape index (κ1) is 19.9. The largest absolute Gasteiger partial charge is 0.496 e. The van der Waals surface area contributed by atoms with E-state index in [0.29, 0.717) is 22.6 Å². The molecule has 0 aliphatic carbocycles. The topological polar surface area (TPSA) is 73.1 Å². The summed E-state index contributed by atoms with van der Waals surface area (Å²) in [5.74, 6) is 0.887. The highest BCUT2D eigenvalue weighted by molar-refractivity contribution is 9.11. The lowest BCUT2D eigenvalue weighted by molar-refractivity contribution is 0.0929. The number of halogens is 3. The zero-order valence-corrected chi connectivity index (χ0v) is 18.9. The van der Waals surface area contributed by atoms with Crippen LogP contribution in [0.2, 0.25) is 0 Å². The van der Waals surface area contributed by atoms with Gasteiger partial charge >= 0.3 is 5.91 Å². The Morgan fingerprint density at radius 2 is 1.78 bits per heavy atom. The van der Waals surface area contributed by atoms with E-state index < -0.39 is 5.91 Å². The van der Waals surface area contributed by atoms with Crippen LogP contribution in [-0.2, 0) is 0 Å². The summed E-state index contributed by atoms with van der Waals surface area (Å²) < 4.78 is 18.5. The van der Waals surface area contributed by atoms with Crippen molar-refractivity contribution in [2.24, 2.45) is 5.10 Å². The van der Waals surface area contributed by atoms with Gasteiger partial charge in [-0.25, -0.2) is 5.43 Å². The second-order valence-electron chi connectivity index (χ2n) is 5.34. The molecule has 2 aromatic carbocycles. The highest BCUT2D eigenvalue weighted by atomic mass is 79.9. The maximum Gasteiger partial charge on any atom is 0.307 e. The van der Waals surface area contributed by atoms with E-state index in [2.05, 4.69) is 58.3 Å². The van der Waals surface area contributed by atoms with Gasteiger partial charge in [0.2, 0.25) is 0 Å². The molecule has 0 fully saturated rings. The number of methoxy groups -OCH3 is 2. The number of hydrazone groups is 1. The third-order valence-electron chi connectivity index (χ3n) is 3.63. The number of ether oxygens (including phenoxy) is 2. The maximum atomic E-state index is 12.3. The van der Waals surface area contributed by atoms with Crippen molar-refractivity contribution in [3.05, 3.63) is 55.1 Å². The van der Waals surface area contributed by atoms with Gasteiger partial charge in [0.05, 0.1) is 29.4 Å².